The van der Waals surface area contributed by atoms with Crippen molar-refractivity contribution in [3.8, 4) is 11.1 Å². The minimum atomic E-state index is -1.11. The van der Waals surface area contributed by atoms with Crippen molar-refractivity contribution < 1.29 is 32.7 Å². The molecule has 3 aromatic rings. The van der Waals surface area contributed by atoms with Gasteiger partial charge in [0.15, 0.2) is 0 Å². The number of carbonyl (C=O) groups excluding carboxylic acids is 3. The summed E-state index contributed by atoms with van der Waals surface area (Å²) in [5, 5.41) is 0.654. The Balaban J connectivity index is 1.26. The van der Waals surface area contributed by atoms with Gasteiger partial charge >= 0.3 is 11.6 Å². The predicted octanol–water partition coefficient (Wildman–Crippen LogP) is 4.04. The summed E-state index contributed by atoms with van der Waals surface area (Å²) in [7, 11) is 0. The third-order valence-electron chi connectivity index (χ3n) is 7.81. The summed E-state index contributed by atoms with van der Waals surface area (Å²) in [5.41, 5.74) is 0.789. The highest BCUT2D eigenvalue weighted by Gasteiger charge is 2.31. The molecule has 2 aromatic carbocycles. The molecule has 0 N–H and O–H groups in total. The van der Waals surface area contributed by atoms with Crippen LogP contribution >= 0.6 is 11.6 Å². The Morgan fingerprint density at radius 1 is 1.10 bits per heavy atom. The van der Waals surface area contributed by atoms with Crippen LogP contribution in [-0.2, 0) is 23.9 Å². The Bertz CT molecular complexity index is 1520. The zero-order valence-corrected chi connectivity index (χ0v) is 23.8. The summed E-state index contributed by atoms with van der Waals surface area (Å²) >= 11 is 6.24. The second-order valence-corrected chi connectivity index (χ2v) is 11.1. The fourth-order valence-corrected chi connectivity index (χ4v) is 5.89. The van der Waals surface area contributed by atoms with Gasteiger partial charge in [-0.15, -0.1) is 0 Å². The van der Waals surface area contributed by atoms with E-state index < -0.39 is 17.4 Å². The van der Waals surface area contributed by atoms with Gasteiger partial charge in [0.2, 0.25) is 5.91 Å². The second-order valence-electron chi connectivity index (χ2n) is 10.6. The maximum Gasteiger partial charge on any atom is 0.336 e. The fraction of sp³-hybridized carbons (Fsp3) is 0.419. The van der Waals surface area contributed by atoms with E-state index in [1.54, 1.807) is 17.0 Å². The molecule has 0 spiro atoms. The quantitative estimate of drug-likeness (QED) is 0.157. The average molecular weight is 599 g/mol. The number of esters is 1. The zero-order chi connectivity index (χ0) is 29.6. The van der Waals surface area contributed by atoms with E-state index in [9.17, 15) is 23.6 Å². The molecular weight excluding hydrogens is 567 g/mol. The number of amides is 1. The fourth-order valence-electron chi connectivity index (χ4n) is 5.62. The molecule has 0 unspecified atom stereocenters. The van der Waals surface area contributed by atoms with Crippen LogP contribution in [0.25, 0.3) is 22.1 Å². The molecule has 3 heterocycles. The molecule has 11 heteroatoms. The molecule has 2 atom stereocenters. The van der Waals surface area contributed by atoms with Crippen LogP contribution in [0.5, 0.6) is 0 Å². The molecule has 9 nitrogen and oxygen atoms in total. The van der Waals surface area contributed by atoms with Crippen LogP contribution in [0.4, 0.5) is 4.39 Å². The Morgan fingerprint density at radius 3 is 2.67 bits per heavy atom. The summed E-state index contributed by atoms with van der Waals surface area (Å²) < 4.78 is 29.8. The molecule has 1 aromatic heterocycles. The van der Waals surface area contributed by atoms with Crippen molar-refractivity contribution in [3.05, 3.63) is 69.3 Å². The molecule has 5 rings (SSSR count). The van der Waals surface area contributed by atoms with Gasteiger partial charge in [0.05, 0.1) is 24.7 Å². The Kier molecular flexibility index (Phi) is 9.66. The van der Waals surface area contributed by atoms with Crippen LogP contribution in [0.15, 0.2) is 51.7 Å². The molecule has 42 heavy (non-hydrogen) atoms. The first-order valence-electron chi connectivity index (χ1n) is 14.1. The molecule has 0 radical (unpaired) electrons. The van der Waals surface area contributed by atoms with E-state index in [0.29, 0.717) is 74.2 Å². The highest BCUT2D eigenvalue weighted by molar-refractivity contribution is 6.33. The molecule has 0 saturated carbocycles. The van der Waals surface area contributed by atoms with Crippen molar-refractivity contribution in [2.45, 2.75) is 25.2 Å². The third-order valence-corrected chi connectivity index (χ3v) is 8.12. The first-order chi connectivity index (χ1) is 20.3. The summed E-state index contributed by atoms with van der Waals surface area (Å²) in [6.07, 6.45) is 2.27. The smallest absolute Gasteiger partial charge is 0.336 e. The van der Waals surface area contributed by atoms with E-state index in [-0.39, 0.29) is 34.8 Å². The van der Waals surface area contributed by atoms with Gasteiger partial charge in [0.1, 0.15) is 30.2 Å². The number of fused-ring (bicyclic) bond motifs is 1. The van der Waals surface area contributed by atoms with Gasteiger partial charge < -0.3 is 23.6 Å². The number of ether oxygens (including phenoxy) is 2. The van der Waals surface area contributed by atoms with Crippen molar-refractivity contribution in [1.82, 2.24) is 9.80 Å². The van der Waals surface area contributed by atoms with E-state index >= 15 is 0 Å². The monoisotopic (exact) mass is 598 g/mol. The number of likely N-dealkylation sites (tertiary alicyclic amines) is 1. The molecule has 2 aliphatic rings. The lowest BCUT2D eigenvalue weighted by atomic mass is 9.91. The van der Waals surface area contributed by atoms with E-state index in [1.165, 1.54) is 24.3 Å². The molecule has 0 aliphatic carbocycles. The Labute approximate surface area is 247 Å². The largest absolute Gasteiger partial charge is 0.464 e. The van der Waals surface area contributed by atoms with Gasteiger partial charge in [-0.25, -0.2) is 9.18 Å². The predicted molar refractivity (Wildman–Crippen MR) is 154 cm³/mol. The lowest BCUT2D eigenvalue weighted by molar-refractivity contribution is -0.147. The second kappa shape index (κ2) is 13.6. The highest BCUT2D eigenvalue weighted by Crippen LogP contribution is 2.34. The summed E-state index contributed by atoms with van der Waals surface area (Å²) in [4.78, 5) is 54.3. The van der Waals surface area contributed by atoms with Crippen molar-refractivity contribution in [2.24, 2.45) is 5.92 Å². The first-order valence-corrected chi connectivity index (χ1v) is 14.4. The van der Waals surface area contributed by atoms with Gasteiger partial charge in [0.25, 0.3) is 0 Å². The maximum atomic E-state index is 13.6. The number of hydrogen-bond donors (Lipinski definition) is 0. The maximum absolute atomic E-state index is 13.6. The zero-order valence-electron chi connectivity index (χ0n) is 23.1. The first kappa shape index (κ1) is 29.9. The number of benzene rings is 2. The lowest BCUT2D eigenvalue weighted by Crippen LogP contribution is -2.43. The van der Waals surface area contributed by atoms with Crippen LogP contribution < -0.4 is 5.63 Å². The minimum absolute atomic E-state index is 0.0662. The molecule has 2 saturated heterocycles. The van der Waals surface area contributed by atoms with Crippen LogP contribution in [-0.4, -0.2) is 80.5 Å². The molecular formula is C31H32ClFN2O7. The van der Waals surface area contributed by atoms with Crippen molar-refractivity contribution in [1.29, 1.82) is 0 Å². The topological polar surface area (TPSA) is 106 Å². The molecule has 2 aliphatic heterocycles. The number of halogens is 2. The SMILES string of the molecule is O=C[C@H](C(=O)N1CCC[C@H](CC(=O)OCCN2CCOCC2)C1)c1ccc2c(-c3ccc(F)cc3Cl)cc(=O)oc2c1. The highest BCUT2D eigenvalue weighted by atomic mass is 35.5. The van der Waals surface area contributed by atoms with E-state index in [4.69, 9.17) is 25.5 Å². The molecule has 1 amide bonds. The third kappa shape index (κ3) is 7.06. The molecule has 0 bridgehead atoms. The lowest BCUT2D eigenvalue weighted by Gasteiger charge is -2.34. The molecule has 222 valence electrons. The Morgan fingerprint density at radius 2 is 1.90 bits per heavy atom. The number of aldehydes is 1. The van der Waals surface area contributed by atoms with E-state index in [2.05, 4.69) is 4.90 Å². The molecule has 2 fully saturated rings. The number of hydrogen-bond acceptors (Lipinski definition) is 8. The van der Waals surface area contributed by atoms with Crippen molar-refractivity contribution >= 4 is 40.7 Å². The standard InChI is InChI=1S/C31H32ClFN2O7/c32-27-16-22(33)4-6-23(27)25-17-30(38)42-28-15-21(3-5-24(25)28)26(19-36)31(39)35-7-1-2-20(18-35)14-29(37)41-13-10-34-8-11-40-12-9-34/h3-6,15-17,19-20,26H,1-2,7-14,18H2/t20-,26+/m1/s1. The Hall–Kier alpha value is -3.60. The summed E-state index contributed by atoms with van der Waals surface area (Å²) in [6, 6.07) is 9.93. The van der Waals surface area contributed by atoms with Crippen LogP contribution in [0.1, 0.15) is 30.7 Å². The minimum Gasteiger partial charge on any atom is -0.464 e. The van der Waals surface area contributed by atoms with Gasteiger partial charge in [0, 0.05) is 55.3 Å². The van der Waals surface area contributed by atoms with Crippen LogP contribution in [0.3, 0.4) is 0 Å². The number of piperidine rings is 1. The van der Waals surface area contributed by atoms with Crippen LogP contribution in [0.2, 0.25) is 5.02 Å². The summed E-state index contributed by atoms with van der Waals surface area (Å²) in [6.45, 7) is 4.80. The van der Waals surface area contributed by atoms with Crippen molar-refractivity contribution in [2.75, 3.05) is 52.5 Å². The van der Waals surface area contributed by atoms with Gasteiger partial charge in [-0.1, -0.05) is 23.7 Å². The van der Waals surface area contributed by atoms with Gasteiger partial charge in [-0.3, -0.25) is 14.5 Å². The number of carbonyl (C=O) groups is 3. The number of nitrogens with zero attached hydrogens (tertiary/aromatic N) is 2. The van der Waals surface area contributed by atoms with Gasteiger partial charge in [-0.05, 0) is 48.6 Å². The summed E-state index contributed by atoms with van der Waals surface area (Å²) in [5.74, 6) is -2.36. The number of morpholine rings is 1. The van der Waals surface area contributed by atoms with Crippen LogP contribution in [0, 0.1) is 11.7 Å². The average Bonchev–Trinajstić information content (AvgIpc) is 2.97. The van der Waals surface area contributed by atoms with E-state index in [0.717, 1.165) is 25.6 Å². The number of rotatable bonds is 9. The van der Waals surface area contributed by atoms with Gasteiger partial charge in [-0.2, -0.15) is 0 Å². The van der Waals surface area contributed by atoms with E-state index in [1.807, 2.05) is 0 Å². The van der Waals surface area contributed by atoms with Crippen molar-refractivity contribution in [3.63, 3.8) is 0 Å². The normalized spacial score (nSPS) is 18.5.